The molecule has 0 aliphatic rings. The summed E-state index contributed by atoms with van der Waals surface area (Å²) < 4.78 is 11.2. The van der Waals surface area contributed by atoms with Crippen molar-refractivity contribution in [2.24, 2.45) is 0 Å². The smallest absolute Gasteiger partial charge is 0.119 e. The third kappa shape index (κ3) is 4.68. The van der Waals surface area contributed by atoms with Crippen LogP contribution in [0, 0.1) is 19.3 Å². The Balaban J connectivity index is 1.93. The Kier molecular flexibility index (Phi) is 6.15. The van der Waals surface area contributed by atoms with E-state index >= 15 is 0 Å². The van der Waals surface area contributed by atoms with Crippen molar-refractivity contribution >= 4 is 0 Å². The average Bonchev–Trinajstić information content (AvgIpc) is 2.88. The second-order valence-corrected chi connectivity index (χ2v) is 6.87. The number of aryl methyl sites for hydroxylation is 2. The Morgan fingerprint density at radius 1 is 1.21 bits per heavy atom. The second kappa shape index (κ2) is 8.11. The first-order chi connectivity index (χ1) is 11.5. The Hall–Kier alpha value is -2.14. The summed E-state index contributed by atoms with van der Waals surface area (Å²) in [6, 6.07) is 10.6. The van der Waals surface area contributed by atoms with Crippen LogP contribution in [0.15, 0.2) is 34.7 Å². The molecule has 0 unspecified atom stereocenters. The number of terminal acetylenes is 1. The summed E-state index contributed by atoms with van der Waals surface area (Å²) in [5, 5.41) is 0. The van der Waals surface area contributed by atoms with Crippen LogP contribution in [-0.4, -0.2) is 6.61 Å². The van der Waals surface area contributed by atoms with E-state index in [1.807, 2.05) is 13.8 Å². The molecule has 0 aliphatic carbocycles. The topological polar surface area (TPSA) is 22.4 Å². The largest absolute Gasteiger partial charge is 0.494 e. The van der Waals surface area contributed by atoms with Gasteiger partial charge in [0.05, 0.1) is 13.0 Å². The van der Waals surface area contributed by atoms with Gasteiger partial charge < -0.3 is 9.15 Å². The van der Waals surface area contributed by atoms with Gasteiger partial charge in [-0.05, 0) is 67.9 Å². The predicted octanol–water partition coefficient (Wildman–Crippen LogP) is 5.46. The van der Waals surface area contributed by atoms with Crippen molar-refractivity contribution in [3.05, 3.63) is 53.0 Å². The first-order valence-corrected chi connectivity index (χ1v) is 8.71. The van der Waals surface area contributed by atoms with Gasteiger partial charge in [-0.15, -0.1) is 6.42 Å². The molecule has 2 heteroatoms. The van der Waals surface area contributed by atoms with Gasteiger partial charge in [0.1, 0.15) is 17.3 Å². The molecule has 0 N–H and O–H groups in total. The summed E-state index contributed by atoms with van der Waals surface area (Å²) >= 11 is 0. The quantitative estimate of drug-likeness (QED) is 0.601. The minimum Gasteiger partial charge on any atom is -0.494 e. The van der Waals surface area contributed by atoms with E-state index in [0.29, 0.717) is 13.0 Å². The fourth-order valence-electron chi connectivity index (χ4n) is 3.06. The lowest BCUT2D eigenvalue weighted by atomic mass is 9.80. The standard InChI is InChI=1S/C22H28O2/c1-6-9-21-16-18(17(3)24-21)10-8-15-22(4,5)19-11-13-20(14-12-19)23-7-2/h1,11-14,16H,7-10,15H2,2-5H3. The summed E-state index contributed by atoms with van der Waals surface area (Å²) in [4.78, 5) is 0. The van der Waals surface area contributed by atoms with Crippen molar-refractivity contribution < 1.29 is 9.15 Å². The van der Waals surface area contributed by atoms with Crippen molar-refractivity contribution in [2.45, 2.75) is 58.8 Å². The Bertz CT molecular complexity index is 684. The maximum absolute atomic E-state index is 5.70. The van der Waals surface area contributed by atoms with Gasteiger partial charge in [-0.25, -0.2) is 0 Å². The van der Waals surface area contributed by atoms with Gasteiger partial charge >= 0.3 is 0 Å². The molecule has 0 amide bonds. The van der Waals surface area contributed by atoms with E-state index in [-0.39, 0.29) is 5.41 Å². The Labute approximate surface area is 146 Å². The van der Waals surface area contributed by atoms with Crippen LogP contribution in [0.3, 0.4) is 0 Å². The zero-order valence-corrected chi connectivity index (χ0v) is 15.3. The number of furan rings is 1. The normalized spacial score (nSPS) is 11.3. The van der Waals surface area contributed by atoms with Gasteiger partial charge in [0, 0.05) is 0 Å². The van der Waals surface area contributed by atoms with Gasteiger partial charge in [-0.3, -0.25) is 0 Å². The number of hydrogen-bond donors (Lipinski definition) is 0. The fraction of sp³-hybridized carbons (Fsp3) is 0.455. The van der Waals surface area contributed by atoms with E-state index in [9.17, 15) is 0 Å². The van der Waals surface area contributed by atoms with Crippen molar-refractivity contribution in [1.29, 1.82) is 0 Å². The van der Waals surface area contributed by atoms with Gasteiger partial charge in [0.15, 0.2) is 0 Å². The molecule has 2 rings (SSSR count). The number of rotatable bonds is 8. The third-order valence-corrected chi connectivity index (χ3v) is 4.54. The van der Waals surface area contributed by atoms with Crippen LogP contribution >= 0.6 is 0 Å². The molecule has 2 aromatic rings. The Morgan fingerprint density at radius 2 is 1.92 bits per heavy atom. The molecule has 1 aromatic carbocycles. The molecule has 0 spiro atoms. The molecule has 0 bridgehead atoms. The maximum atomic E-state index is 5.70. The average molecular weight is 324 g/mol. The molecule has 2 nitrogen and oxygen atoms in total. The third-order valence-electron chi connectivity index (χ3n) is 4.54. The van der Waals surface area contributed by atoms with E-state index in [0.717, 1.165) is 36.5 Å². The van der Waals surface area contributed by atoms with Crippen LogP contribution < -0.4 is 4.74 Å². The van der Waals surface area contributed by atoms with Crippen LogP contribution in [0.1, 0.15) is 56.3 Å². The highest BCUT2D eigenvalue weighted by Crippen LogP contribution is 2.31. The lowest BCUT2D eigenvalue weighted by Crippen LogP contribution is -2.17. The highest BCUT2D eigenvalue weighted by atomic mass is 16.5. The van der Waals surface area contributed by atoms with Crippen LogP contribution in [0.2, 0.25) is 0 Å². The number of hydrogen-bond acceptors (Lipinski definition) is 2. The molecule has 0 saturated carbocycles. The first kappa shape index (κ1) is 18.2. The minimum atomic E-state index is 0.143. The lowest BCUT2D eigenvalue weighted by molar-refractivity contribution is 0.339. The van der Waals surface area contributed by atoms with E-state index in [1.54, 1.807) is 0 Å². The van der Waals surface area contributed by atoms with Crippen LogP contribution in [0.4, 0.5) is 0 Å². The lowest BCUT2D eigenvalue weighted by Gasteiger charge is -2.25. The van der Waals surface area contributed by atoms with Crippen LogP contribution in [-0.2, 0) is 18.3 Å². The van der Waals surface area contributed by atoms with Crippen LogP contribution in [0.5, 0.6) is 5.75 Å². The molecule has 1 heterocycles. The van der Waals surface area contributed by atoms with Crippen LogP contribution in [0.25, 0.3) is 0 Å². The van der Waals surface area contributed by atoms with Crippen molar-refractivity contribution in [2.75, 3.05) is 6.61 Å². The monoisotopic (exact) mass is 324 g/mol. The van der Waals surface area contributed by atoms with Gasteiger partial charge in [-0.2, -0.15) is 0 Å². The second-order valence-electron chi connectivity index (χ2n) is 6.87. The molecular formula is C22H28O2. The summed E-state index contributed by atoms with van der Waals surface area (Å²) in [6.07, 6.45) is 9.19. The predicted molar refractivity (Wildman–Crippen MR) is 99.6 cm³/mol. The van der Waals surface area contributed by atoms with Gasteiger partial charge in [-0.1, -0.05) is 31.9 Å². The molecule has 1 aromatic heterocycles. The van der Waals surface area contributed by atoms with Crippen molar-refractivity contribution in [3.8, 4) is 18.1 Å². The first-order valence-electron chi connectivity index (χ1n) is 8.71. The van der Waals surface area contributed by atoms with E-state index in [1.165, 1.54) is 11.1 Å². The van der Waals surface area contributed by atoms with E-state index in [2.05, 4.69) is 50.1 Å². The molecule has 0 saturated heterocycles. The zero-order chi connectivity index (χ0) is 17.6. The fourth-order valence-corrected chi connectivity index (χ4v) is 3.06. The summed E-state index contributed by atoms with van der Waals surface area (Å²) in [6.45, 7) is 9.33. The molecule has 0 radical (unpaired) electrons. The van der Waals surface area contributed by atoms with Gasteiger partial charge in [0.2, 0.25) is 0 Å². The van der Waals surface area contributed by atoms with E-state index < -0.39 is 0 Å². The summed E-state index contributed by atoms with van der Waals surface area (Å²) in [5.74, 6) is 5.47. The molecular weight excluding hydrogens is 296 g/mol. The van der Waals surface area contributed by atoms with E-state index in [4.69, 9.17) is 15.6 Å². The summed E-state index contributed by atoms with van der Waals surface area (Å²) in [5.41, 5.74) is 2.77. The molecule has 128 valence electrons. The maximum Gasteiger partial charge on any atom is 0.119 e. The molecule has 0 aliphatic heterocycles. The highest BCUT2D eigenvalue weighted by Gasteiger charge is 2.20. The number of benzene rings is 1. The Morgan fingerprint density at radius 3 is 2.54 bits per heavy atom. The number of ether oxygens (including phenoxy) is 1. The minimum absolute atomic E-state index is 0.143. The molecule has 0 fully saturated rings. The highest BCUT2D eigenvalue weighted by molar-refractivity contribution is 5.31. The molecule has 24 heavy (non-hydrogen) atoms. The summed E-state index contributed by atoms with van der Waals surface area (Å²) in [7, 11) is 0. The SMILES string of the molecule is C#CCc1cc(CCCC(C)(C)c2ccc(OCC)cc2)c(C)o1. The van der Waals surface area contributed by atoms with Crippen molar-refractivity contribution in [3.63, 3.8) is 0 Å². The van der Waals surface area contributed by atoms with Crippen molar-refractivity contribution in [1.82, 2.24) is 0 Å². The zero-order valence-electron chi connectivity index (χ0n) is 15.3. The molecule has 0 atom stereocenters. The van der Waals surface area contributed by atoms with Gasteiger partial charge in [0.25, 0.3) is 0 Å².